The fraction of sp³-hybridized carbons (Fsp3) is 0.333. The Kier molecular flexibility index (Phi) is 5.60. The number of ketones is 1. The van der Waals surface area contributed by atoms with Gasteiger partial charge in [-0.2, -0.15) is 0 Å². The molecule has 1 unspecified atom stereocenters. The second-order valence-corrected chi connectivity index (χ2v) is 6.81. The average Bonchev–Trinajstić information content (AvgIpc) is 2.69. The largest absolute Gasteiger partial charge is 0.501 e. The van der Waals surface area contributed by atoms with Crippen molar-refractivity contribution >= 4 is 50.8 Å². The van der Waals surface area contributed by atoms with E-state index in [9.17, 15) is 14.7 Å². The molecule has 0 radical (unpaired) electrons. The maximum atomic E-state index is 12.4. The van der Waals surface area contributed by atoms with Crippen LogP contribution in [0.3, 0.4) is 0 Å². The van der Waals surface area contributed by atoms with Gasteiger partial charge in [-0.3, -0.25) is 14.9 Å². The van der Waals surface area contributed by atoms with Gasteiger partial charge in [0.1, 0.15) is 0 Å². The molecule has 8 heteroatoms. The van der Waals surface area contributed by atoms with Crippen molar-refractivity contribution in [2.75, 3.05) is 5.33 Å². The van der Waals surface area contributed by atoms with Crippen molar-refractivity contribution in [3.05, 3.63) is 45.5 Å². The fourth-order valence-corrected chi connectivity index (χ4v) is 2.95. The Morgan fingerprint density at radius 1 is 1.35 bits per heavy atom. The minimum atomic E-state index is -1.50. The highest BCUT2D eigenvalue weighted by atomic mass is 79.9. The molecule has 0 saturated heterocycles. The van der Waals surface area contributed by atoms with Gasteiger partial charge in [-0.1, -0.05) is 39.1 Å². The van der Waals surface area contributed by atoms with Crippen molar-refractivity contribution in [1.82, 2.24) is 5.32 Å². The van der Waals surface area contributed by atoms with Crippen molar-refractivity contribution in [3.8, 4) is 0 Å². The van der Waals surface area contributed by atoms with E-state index in [4.69, 9.17) is 27.9 Å². The van der Waals surface area contributed by atoms with Crippen LogP contribution >= 0.6 is 39.1 Å². The predicted octanol–water partition coefficient (Wildman–Crippen LogP) is 3.83. The zero-order valence-electron chi connectivity index (χ0n) is 12.2. The van der Waals surface area contributed by atoms with Gasteiger partial charge in [0.2, 0.25) is 17.5 Å². The smallest absolute Gasteiger partial charge is 0.250 e. The number of nitrogens with one attached hydrogen (secondary N) is 1. The Balaban J connectivity index is 2.25. The monoisotopic (exact) mass is 421 g/mol. The summed E-state index contributed by atoms with van der Waals surface area (Å²) in [5.41, 5.74) is -1.12. The number of hydrogen-bond acceptors (Lipinski definition) is 4. The van der Waals surface area contributed by atoms with Gasteiger partial charge < -0.3 is 9.84 Å². The number of amides is 1. The van der Waals surface area contributed by atoms with Crippen LogP contribution in [-0.2, 0) is 19.9 Å². The molecule has 124 valence electrons. The molecule has 0 aromatic heterocycles. The summed E-state index contributed by atoms with van der Waals surface area (Å²) >= 11 is 15.1. The van der Waals surface area contributed by atoms with E-state index < -0.39 is 17.1 Å². The quantitative estimate of drug-likeness (QED) is 0.707. The summed E-state index contributed by atoms with van der Waals surface area (Å²) < 4.78 is 5.54. The van der Waals surface area contributed by atoms with Crippen LogP contribution in [0, 0.1) is 0 Å². The van der Waals surface area contributed by atoms with E-state index in [1.165, 1.54) is 25.1 Å². The molecule has 0 fully saturated rings. The van der Waals surface area contributed by atoms with Crippen molar-refractivity contribution in [2.24, 2.45) is 0 Å². The summed E-state index contributed by atoms with van der Waals surface area (Å²) in [6.45, 7) is 1.48. The maximum Gasteiger partial charge on any atom is 0.250 e. The Bertz CT molecular complexity index is 672. The molecular formula is C15H14BrCl2NO4. The second-order valence-electron chi connectivity index (χ2n) is 5.14. The number of rotatable bonds is 5. The molecule has 2 rings (SSSR count). The van der Waals surface area contributed by atoms with Gasteiger partial charge in [0, 0.05) is 27.4 Å². The van der Waals surface area contributed by atoms with Gasteiger partial charge in [0.25, 0.3) is 5.78 Å². The molecule has 0 aliphatic carbocycles. The van der Waals surface area contributed by atoms with Crippen LogP contribution in [0.2, 0.25) is 10.0 Å². The number of hydrogen-bond donors (Lipinski definition) is 2. The van der Waals surface area contributed by atoms with Gasteiger partial charge in [-0.25, -0.2) is 0 Å². The molecular weight excluding hydrogens is 409 g/mol. The molecule has 0 bridgehead atoms. The van der Waals surface area contributed by atoms with Crippen molar-refractivity contribution in [2.45, 2.75) is 25.4 Å². The number of aliphatic hydroxyl groups excluding tert-OH is 1. The number of Topliss-reactive ketones (excluding diaryl/α,β-unsaturated/α-hetero) is 1. The summed E-state index contributed by atoms with van der Waals surface area (Å²) in [5.74, 6) is -1.91. The molecule has 2 N–H and O–H groups in total. The van der Waals surface area contributed by atoms with E-state index >= 15 is 0 Å². The van der Waals surface area contributed by atoms with Crippen LogP contribution in [0.1, 0.15) is 25.3 Å². The van der Waals surface area contributed by atoms with Crippen LogP contribution in [0.4, 0.5) is 0 Å². The number of carbonyl (C=O) groups is 2. The second kappa shape index (κ2) is 7.11. The van der Waals surface area contributed by atoms with Crippen LogP contribution < -0.4 is 5.32 Å². The SMILES string of the molecule is CC1(c2cc(Cl)cc(Cl)c2)OC(NC(=O)CCCBr)=C(O)C1=O. The fourth-order valence-electron chi connectivity index (χ4n) is 2.15. The molecule has 1 aromatic rings. The zero-order valence-corrected chi connectivity index (χ0v) is 15.3. The Morgan fingerprint density at radius 3 is 2.52 bits per heavy atom. The van der Waals surface area contributed by atoms with Gasteiger partial charge in [0.15, 0.2) is 5.60 Å². The number of ether oxygens (including phenoxy) is 1. The molecule has 1 aliphatic heterocycles. The molecule has 5 nitrogen and oxygen atoms in total. The van der Waals surface area contributed by atoms with E-state index in [1.54, 1.807) is 0 Å². The maximum absolute atomic E-state index is 12.4. The van der Waals surface area contributed by atoms with Crippen LogP contribution in [0.25, 0.3) is 0 Å². The van der Waals surface area contributed by atoms with Gasteiger partial charge in [-0.15, -0.1) is 0 Å². The van der Waals surface area contributed by atoms with Gasteiger partial charge in [0.05, 0.1) is 0 Å². The van der Waals surface area contributed by atoms with Crippen molar-refractivity contribution in [1.29, 1.82) is 0 Å². The number of aliphatic hydroxyl groups is 1. The van der Waals surface area contributed by atoms with E-state index in [0.29, 0.717) is 27.4 Å². The summed E-state index contributed by atoms with van der Waals surface area (Å²) in [6.07, 6.45) is 0.855. The lowest BCUT2D eigenvalue weighted by Crippen LogP contribution is -2.32. The number of benzene rings is 1. The van der Waals surface area contributed by atoms with Crippen molar-refractivity contribution < 1.29 is 19.4 Å². The molecule has 0 spiro atoms. The molecule has 23 heavy (non-hydrogen) atoms. The molecule has 1 atom stereocenters. The normalized spacial score (nSPS) is 20.6. The van der Waals surface area contributed by atoms with Gasteiger partial charge in [-0.05, 0) is 31.5 Å². The summed E-state index contributed by atoms with van der Waals surface area (Å²) in [7, 11) is 0. The lowest BCUT2D eigenvalue weighted by atomic mass is 9.92. The third-order valence-corrected chi connectivity index (χ3v) is 4.37. The molecule has 1 amide bonds. The first-order valence-electron chi connectivity index (χ1n) is 6.77. The van der Waals surface area contributed by atoms with E-state index in [0.717, 1.165) is 0 Å². The minimum absolute atomic E-state index is 0.235. The van der Waals surface area contributed by atoms with Crippen LogP contribution in [0.15, 0.2) is 29.8 Å². The highest BCUT2D eigenvalue weighted by Crippen LogP contribution is 2.39. The Hall–Kier alpha value is -1.24. The molecule has 1 aromatic carbocycles. The molecule has 1 aliphatic rings. The highest BCUT2D eigenvalue weighted by molar-refractivity contribution is 9.09. The minimum Gasteiger partial charge on any atom is -0.501 e. The lowest BCUT2D eigenvalue weighted by molar-refractivity contribution is -0.133. The highest BCUT2D eigenvalue weighted by Gasteiger charge is 2.48. The topological polar surface area (TPSA) is 75.6 Å². The first-order valence-corrected chi connectivity index (χ1v) is 8.65. The van der Waals surface area contributed by atoms with Crippen LogP contribution in [0.5, 0.6) is 0 Å². The standard InChI is InChI=1S/C15H14BrCl2NO4/c1-15(8-5-9(17)7-10(18)6-8)13(22)12(21)14(23-15)19-11(20)3-2-4-16/h5-7,21H,2-4H2,1H3,(H,19,20). The first kappa shape index (κ1) is 18.1. The Labute approximate surface area is 151 Å². The summed E-state index contributed by atoms with van der Waals surface area (Å²) in [5, 5.41) is 13.7. The molecule has 1 heterocycles. The third-order valence-electron chi connectivity index (χ3n) is 3.37. The summed E-state index contributed by atoms with van der Waals surface area (Å²) in [4.78, 5) is 24.1. The number of alkyl halides is 1. The lowest BCUT2D eigenvalue weighted by Gasteiger charge is -2.24. The van der Waals surface area contributed by atoms with Crippen molar-refractivity contribution in [3.63, 3.8) is 0 Å². The third kappa shape index (κ3) is 3.82. The van der Waals surface area contributed by atoms with Crippen LogP contribution in [-0.4, -0.2) is 22.1 Å². The van der Waals surface area contributed by atoms with E-state index in [-0.39, 0.29) is 18.2 Å². The zero-order chi connectivity index (χ0) is 17.2. The van der Waals surface area contributed by atoms with E-state index in [1.807, 2.05) is 0 Å². The Morgan fingerprint density at radius 2 is 1.96 bits per heavy atom. The predicted molar refractivity (Wildman–Crippen MR) is 90.7 cm³/mol. The van der Waals surface area contributed by atoms with Gasteiger partial charge >= 0.3 is 0 Å². The molecule has 0 saturated carbocycles. The number of halogens is 3. The number of carbonyl (C=O) groups excluding carboxylic acids is 2. The average molecular weight is 423 g/mol. The van der Waals surface area contributed by atoms with E-state index in [2.05, 4.69) is 21.2 Å². The first-order chi connectivity index (χ1) is 10.8. The summed E-state index contributed by atoms with van der Waals surface area (Å²) in [6, 6.07) is 4.56.